The molecule has 0 radical (unpaired) electrons. The van der Waals surface area contributed by atoms with Crippen LogP contribution in [0.15, 0.2) is 0 Å². The van der Waals surface area contributed by atoms with Crippen LogP contribution < -0.4 is 10.2 Å². The second-order valence-electron chi connectivity index (χ2n) is 3.66. The van der Waals surface area contributed by atoms with Crippen molar-refractivity contribution < 1.29 is 19.8 Å². The molecule has 0 aromatic rings. The molecule has 0 aromatic heterocycles. The van der Waals surface area contributed by atoms with E-state index in [2.05, 4.69) is 0 Å². The molecular weight excluding hydrogens is 232 g/mol. The number of aliphatic carboxylic acids is 2. The number of hydrogen-bond acceptors (Lipinski definition) is 4. The summed E-state index contributed by atoms with van der Waals surface area (Å²) in [5, 5.41) is 20.1. The van der Waals surface area contributed by atoms with Crippen LogP contribution >= 0.6 is 0 Å². The molecule has 96 valence electrons. The van der Waals surface area contributed by atoms with Gasteiger partial charge in [0.15, 0.2) is 0 Å². The summed E-state index contributed by atoms with van der Waals surface area (Å²) < 4.78 is 0. The van der Waals surface area contributed by atoms with Crippen LogP contribution in [0.2, 0.25) is 0 Å². The molecule has 0 bridgehead atoms. The Labute approximate surface area is 120 Å². The van der Waals surface area contributed by atoms with Gasteiger partial charge < -0.3 is 19.8 Å². The first-order valence-electron chi connectivity index (χ1n) is 5.86. The maximum Gasteiger partial charge on any atom is 2.00 e. The first-order chi connectivity index (χ1) is 7.44. The van der Waals surface area contributed by atoms with Gasteiger partial charge in [-0.2, -0.15) is 0 Å². The van der Waals surface area contributed by atoms with Crippen molar-refractivity contribution in [1.29, 1.82) is 0 Å². The largest absolute Gasteiger partial charge is 2.00 e. The van der Waals surface area contributed by atoms with Crippen molar-refractivity contribution in [2.75, 3.05) is 0 Å². The fraction of sp³-hybridized carbons (Fsp3) is 0.833. The molecule has 0 saturated heterocycles. The molecule has 0 heterocycles. The molecule has 0 atom stereocenters. The van der Waals surface area contributed by atoms with E-state index in [9.17, 15) is 19.8 Å². The second kappa shape index (κ2) is 13.8. The van der Waals surface area contributed by atoms with E-state index in [0.29, 0.717) is 25.7 Å². The topological polar surface area (TPSA) is 80.3 Å². The third-order valence-corrected chi connectivity index (χ3v) is 2.64. The van der Waals surface area contributed by atoms with Gasteiger partial charge in [0.05, 0.1) is 0 Å². The zero-order valence-electron chi connectivity index (χ0n) is 11.3. The Bertz CT molecular complexity index is 177. The molecule has 17 heavy (non-hydrogen) atoms. The molecule has 0 amide bonds. The van der Waals surface area contributed by atoms with Crippen molar-refractivity contribution in [2.45, 2.75) is 53.4 Å². The molecule has 0 aliphatic carbocycles. The molecule has 0 aromatic carbocycles. The molecule has 4 nitrogen and oxygen atoms in total. The van der Waals surface area contributed by atoms with Crippen LogP contribution in [0.3, 0.4) is 0 Å². The maximum atomic E-state index is 10.1. The second-order valence-corrected chi connectivity index (χ2v) is 3.66. The number of carbonyl (C=O) groups is 2. The number of rotatable bonds is 6. The van der Waals surface area contributed by atoms with Gasteiger partial charge in [0.2, 0.25) is 0 Å². The third kappa shape index (κ3) is 12.0. The van der Waals surface area contributed by atoms with Gasteiger partial charge in [0.25, 0.3) is 0 Å². The number of carboxylic acids is 2. The van der Waals surface area contributed by atoms with Crippen molar-refractivity contribution in [3.63, 3.8) is 0 Å². The fourth-order valence-electron chi connectivity index (χ4n) is 1.24. The minimum Gasteiger partial charge on any atom is -0.550 e. The predicted molar refractivity (Wildman–Crippen MR) is 63.9 cm³/mol. The van der Waals surface area contributed by atoms with Crippen LogP contribution in [0.4, 0.5) is 0 Å². The maximum absolute atomic E-state index is 10.1. The van der Waals surface area contributed by atoms with Gasteiger partial charge in [-0.05, 0) is 37.5 Å². The van der Waals surface area contributed by atoms with Crippen LogP contribution in [0.5, 0.6) is 0 Å². The van der Waals surface area contributed by atoms with Crippen LogP contribution in [-0.2, 0) is 9.59 Å². The molecule has 0 aliphatic rings. The van der Waals surface area contributed by atoms with Gasteiger partial charge in [0, 0.05) is 11.9 Å². The standard InChI is InChI=1S/2C6H12O2.Mg/c2*1-3-5(4-2)6(7)8;/h2*5H,3-4H2,1-2H3,(H,7,8);/q;;+2/p-2. The van der Waals surface area contributed by atoms with Crippen LogP contribution in [0, 0.1) is 11.8 Å². The summed E-state index contributed by atoms with van der Waals surface area (Å²) in [6, 6.07) is 0. The zero-order chi connectivity index (χ0) is 13.1. The molecular formula is C12H22MgO4. The van der Waals surface area contributed by atoms with Gasteiger partial charge in [0.1, 0.15) is 0 Å². The van der Waals surface area contributed by atoms with E-state index in [1.165, 1.54) is 0 Å². The minimum absolute atomic E-state index is 0. The van der Waals surface area contributed by atoms with E-state index < -0.39 is 11.9 Å². The van der Waals surface area contributed by atoms with Crippen LogP contribution in [0.25, 0.3) is 0 Å². The van der Waals surface area contributed by atoms with E-state index in [1.807, 2.05) is 27.7 Å². The molecule has 0 aliphatic heterocycles. The first-order valence-corrected chi connectivity index (χ1v) is 5.86. The summed E-state index contributed by atoms with van der Waals surface area (Å²) in [7, 11) is 0. The predicted octanol–water partition coefficient (Wildman–Crippen LogP) is -0.0358. The zero-order valence-corrected chi connectivity index (χ0v) is 12.7. The Morgan fingerprint density at radius 3 is 0.941 bits per heavy atom. The van der Waals surface area contributed by atoms with Crippen molar-refractivity contribution in [3.05, 3.63) is 0 Å². The van der Waals surface area contributed by atoms with Gasteiger partial charge in [-0.1, -0.05) is 27.7 Å². The Balaban J connectivity index is -0.000000218. The van der Waals surface area contributed by atoms with Crippen LogP contribution in [0.1, 0.15) is 53.4 Å². The monoisotopic (exact) mass is 254 g/mol. The smallest absolute Gasteiger partial charge is 0.550 e. The summed E-state index contributed by atoms with van der Waals surface area (Å²) in [6.07, 6.45) is 2.72. The first kappa shape index (κ1) is 21.9. The van der Waals surface area contributed by atoms with Gasteiger partial charge in [-0.3, -0.25) is 0 Å². The Hall–Kier alpha value is -0.294. The van der Waals surface area contributed by atoms with Crippen molar-refractivity contribution in [2.24, 2.45) is 11.8 Å². The van der Waals surface area contributed by atoms with Crippen molar-refractivity contribution in [1.82, 2.24) is 0 Å². The van der Waals surface area contributed by atoms with Gasteiger partial charge >= 0.3 is 23.1 Å². The Morgan fingerprint density at radius 1 is 0.765 bits per heavy atom. The average Bonchev–Trinajstić information content (AvgIpc) is 2.21. The van der Waals surface area contributed by atoms with E-state index in [4.69, 9.17) is 0 Å². The summed E-state index contributed by atoms with van der Waals surface area (Å²) in [5.41, 5.74) is 0. The number of carboxylic acid groups (broad SMARTS) is 2. The van der Waals surface area contributed by atoms with E-state index >= 15 is 0 Å². The normalized spacial score (nSPS) is 9.29. The molecule has 0 spiro atoms. The Kier molecular flexibility index (Phi) is 17.8. The van der Waals surface area contributed by atoms with Gasteiger partial charge in [-0.25, -0.2) is 0 Å². The van der Waals surface area contributed by atoms with Gasteiger partial charge in [-0.15, -0.1) is 0 Å². The quantitative estimate of drug-likeness (QED) is 0.623. The summed E-state index contributed by atoms with van der Waals surface area (Å²) in [5.74, 6) is -2.32. The van der Waals surface area contributed by atoms with Crippen molar-refractivity contribution in [3.8, 4) is 0 Å². The van der Waals surface area contributed by atoms with E-state index in [0.717, 1.165) is 0 Å². The fourth-order valence-corrected chi connectivity index (χ4v) is 1.24. The number of carbonyl (C=O) groups excluding carboxylic acids is 2. The third-order valence-electron chi connectivity index (χ3n) is 2.64. The number of hydrogen-bond donors (Lipinski definition) is 0. The summed E-state index contributed by atoms with van der Waals surface area (Å²) >= 11 is 0. The minimum atomic E-state index is -0.921. The van der Waals surface area contributed by atoms with E-state index in [-0.39, 0.29) is 34.9 Å². The van der Waals surface area contributed by atoms with Crippen molar-refractivity contribution >= 4 is 35.0 Å². The summed E-state index contributed by atoms with van der Waals surface area (Å²) in [4.78, 5) is 20.1. The molecule has 5 heteroatoms. The van der Waals surface area contributed by atoms with Crippen LogP contribution in [-0.4, -0.2) is 35.0 Å². The molecule has 0 saturated carbocycles. The molecule has 0 unspecified atom stereocenters. The average molecular weight is 255 g/mol. The summed E-state index contributed by atoms with van der Waals surface area (Å²) in [6.45, 7) is 7.40. The molecule has 0 N–H and O–H groups in total. The van der Waals surface area contributed by atoms with E-state index in [1.54, 1.807) is 0 Å². The Morgan fingerprint density at radius 2 is 0.941 bits per heavy atom. The SMILES string of the molecule is CCC(CC)C(=O)[O-].CCC(CC)C(=O)[O-].[Mg+2]. The molecule has 0 fully saturated rings. The molecule has 0 rings (SSSR count).